The number of rotatable bonds is 5. The average molecular weight is 356 g/mol. The summed E-state index contributed by atoms with van der Waals surface area (Å²) in [5.41, 5.74) is 2.85. The van der Waals surface area contributed by atoms with Gasteiger partial charge in [-0.15, -0.1) is 0 Å². The first kappa shape index (κ1) is 17.3. The van der Waals surface area contributed by atoms with E-state index in [4.69, 9.17) is 0 Å². The third-order valence-corrected chi connectivity index (χ3v) is 5.93. The van der Waals surface area contributed by atoms with Crippen LogP contribution >= 0.6 is 0 Å². The molecule has 0 radical (unpaired) electrons. The SMILES string of the molecule is O=C(CCn1ccn2nc3c(c2c1=O)CCCC3)NCC1CCCCC1. The van der Waals surface area contributed by atoms with Crippen LogP contribution in [0.3, 0.4) is 0 Å². The van der Waals surface area contributed by atoms with Gasteiger partial charge < -0.3 is 9.88 Å². The third-order valence-electron chi connectivity index (χ3n) is 5.93. The molecule has 26 heavy (non-hydrogen) atoms. The second-order valence-electron chi connectivity index (χ2n) is 7.78. The lowest BCUT2D eigenvalue weighted by Gasteiger charge is -2.21. The quantitative estimate of drug-likeness (QED) is 0.895. The fourth-order valence-corrected chi connectivity index (χ4v) is 4.39. The summed E-state index contributed by atoms with van der Waals surface area (Å²) >= 11 is 0. The molecular formula is C20H28N4O2. The first-order valence-corrected chi connectivity index (χ1v) is 10.1. The summed E-state index contributed by atoms with van der Waals surface area (Å²) in [5.74, 6) is 0.669. The lowest BCUT2D eigenvalue weighted by atomic mass is 9.89. The predicted molar refractivity (Wildman–Crippen MR) is 100 cm³/mol. The maximum atomic E-state index is 12.8. The second-order valence-corrected chi connectivity index (χ2v) is 7.78. The summed E-state index contributed by atoms with van der Waals surface area (Å²) in [6, 6.07) is 0. The molecule has 140 valence electrons. The Morgan fingerprint density at radius 1 is 1.12 bits per heavy atom. The van der Waals surface area contributed by atoms with Crippen molar-refractivity contribution in [3.05, 3.63) is 34.0 Å². The first-order chi connectivity index (χ1) is 12.7. The molecule has 2 aliphatic rings. The molecule has 6 nitrogen and oxygen atoms in total. The highest BCUT2D eigenvalue weighted by Crippen LogP contribution is 2.23. The van der Waals surface area contributed by atoms with E-state index in [0.717, 1.165) is 43.5 Å². The Balaban J connectivity index is 1.40. The van der Waals surface area contributed by atoms with Crippen LogP contribution in [-0.4, -0.2) is 26.6 Å². The summed E-state index contributed by atoms with van der Waals surface area (Å²) in [6.45, 7) is 1.20. The Kier molecular flexibility index (Phi) is 5.09. The highest BCUT2D eigenvalue weighted by molar-refractivity contribution is 5.75. The Morgan fingerprint density at radius 3 is 2.77 bits per heavy atom. The maximum absolute atomic E-state index is 12.8. The molecule has 2 aromatic heterocycles. The summed E-state index contributed by atoms with van der Waals surface area (Å²) in [6.07, 6.45) is 14.4. The van der Waals surface area contributed by atoms with Crippen molar-refractivity contribution >= 4 is 11.4 Å². The molecule has 0 aliphatic heterocycles. The van der Waals surface area contributed by atoms with Gasteiger partial charge in [-0.05, 0) is 44.4 Å². The molecule has 2 aromatic rings. The monoisotopic (exact) mass is 356 g/mol. The van der Waals surface area contributed by atoms with E-state index in [1.165, 1.54) is 32.1 Å². The number of nitrogens with one attached hydrogen (secondary N) is 1. The van der Waals surface area contributed by atoms with Gasteiger partial charge in [-0.25, -0.2) is 4.52 Å². The van der Waals surface area contributed by atoms with Crippen LogP contribution in [0.25, 0.3) is 5.52 Å². The second kappa shape index (κ2) is 7.64. The number of nitrogens with zero attached hydrogens (tertiary/aromatic N) is 3. The summed E-state index contributed by atoms with van der Waals surface area (Å²) < 4.78 is 3.38. The van der Waals surface area contributed by atoms with E-state index in [-0.39, 0.29) is 11.5 Å². The van der Waals surface area contributed by atoms with Crippen LogP contribution in [-0.2, 0) is 24.2 Å². The standard InChI is InChI=1S/C20H28N4O2/c25-18(21-14-15-6-2-1-3-7-15)10-11-23-12-13-24-19(20(23)26)16-8-4-5-9-17(16)22-24/h12-13,15H,1-11,14H2,(H,21,25). The fraction of sp³-hybridized carbons (Fsp3) is 0.650. The molecule has 0 bridgehead atoms. The van der Waals surface area contributed by atoms with Gasteiger partial charge in [-0.1, -0.05) is 19.3 Å². The number of aromatic nitrogens is 3. The van der Waals surface area contributed by atoms with Gasteiger partial charge in [-0.2, -0.15) is 5.10 Å². The molecule has 1 amide bonds. The Labute approximate surface area is 153 Å². The van der Waals surface area contributed by atoms with E-state index in [9.17, 15) is 9.59 Å². The molecule has 1 saturated carbocycles. The smallest absolute Gasteiger partial charge is 0.276 e. The number of carbonyl (C=O) groups excluding carboxylic acids is 1. The van der Waals surface area contributed by atoms with Gasteiger partial charge in [0.25, 0.3) is 5.56 Å². The summed E-state index contributed by atoms with van der Waals surface area (Å²) in [7, 11) is 0. The molecular weight excluding hydrogens is 328 g/mol. The zero-order chi connectivity index (χ0) is 17.9. The number of hydrogen-bond acceptors (Lipinski definition) is 3. The molecule has 0 atom stereocenters. The highest BCUT2D eigenvalue weighted by Gasteiger charge is 2.20. The van der Waals surface area contributed by atoms with Crippen molar-refractivity contribution < 1.29 is 4.79 Å². The lowest BCUT2D eigenvalue weighted by molar-refractivity contribution is -0.121. The minimum absolute atomic E-state index is 0.0248. The van der Waals surface area contributed by atoms with Crippen molar-refractivity contribution in [2.24, 2.45) is 5.92 Å². The topological polar surface area (TPSA) is 68.4 Å². The van der Waals surface area contributed by atoms with Gasteiger partial charge in [0.05, 0.1) is 5.69 Å². The maximum Gasteiger partial charge on any atom is 0.276 e. The Morgan fingerprint density at radius 2 is 1.92 bits per heavy atom. The average Bonchev–Trinajstić information content (AvgIpc) is 3.06. The van der Waals surface area contributed by atoms with Gasteiger partial charge >= 0.3 is 0 Å². The van der Waals surface area contributed by atoms with E-state index >= 15 is 0 Å². The van der Waals surface area contributed by atoms with Crippen LogP contribution in [0.5, 0.6) is 0 Å². The largest absolute Gasteiger partial charge is 0.356 e. The van der Waals surface area contributed by atoms with Gasteiger partial charge in [0.1, 0.15) is 5.52 Å². The molecule has 6 heteroatoms. The molecule has 0 unspecified atom stereocenters. The molecule has 2 heterocycles. The van der Waals surface area contributed by atoms with Crippen molar-refractivity contribution in [1.29, 1.82) is 0 Å². The summed E-state index contributed by atoms with van der Waals surface area (Å²) in [5, 5.41) is 7.61. The molecule has 1 fully saturated rings. The van der Waals surface area contributed by atoms with E-state index < -0.39 is 0 Å². The minimum Gasteiger partial charge on any atom is -0.356 e. The van der Waals surface area contributed by atoms with Crippen molar-refractivity contribution in [1.82, 2.24) is 19.5 Å². The van der Waals surface area contributed by atoms with Gasteiger partial charge in [0, 0.05) is 37.5 Å². The van der Waals surface area contributed by atoms with Crippen molar-refractivity contribution in [3.8, 4) is 0 Å². The summed E-state index contributed by atoms with van der Waals surface area (Å²) in [4.78, 5) is 25.0. The van der Waals surface area contributed by atoms with E-state index in [2.05, 4.69) is 10.4 Å². The van der Waals surface area contributed by atoms with Crippen LogP contribution in [0.1, 0.15) is 62.6 Å². The molecule has 0 aromatic carbocycles. The van der Waals surface area contributed by atoms with Crippen LogP contribution in [0, 0.1) is 5.92 Å². The molecule has 0 spiro atoms. The molecule has 4 rings (SSSR count). The van der Waals surface area contributed by atoms with Crippen LogP contribution < -0.4 is 10.9 Å². The number of fused-ring (bicyclic) bond motifs is 3. The number of hydrogen-bond donors (Lipinski definition) is 1. The van der Waals surface area contributed by atoms with Crippen LogP contribution in [0.4, 0.5) is 0 Å². The first-order valence-electron chi connectivity index (χ1n) is 10.1. The molecule has 0 saturated heterocycles. The van der Waals surface area contributed by atoms with Gasteiger partial charge in [0.2, 0.25) is 5.91 Å². The molecule has 2 aliphatic carbocycles. The lowest BCUT2D eigenvalue weighted by Crippen LogP contribution is -2.32. The van der Waals surface area contributed by atoms with E-state index in [1.54, 1.807) is 15.3 Å². The Hall–Kier alpha value is -2.11. The van der Waals surface area contributed by atoms with Crippen molar-refractivity contribution in [2.75, 3.05) is 6.54 Å². The predicted octanol–water partition coefficient (Wildman–Crippen LogP) is 2.46. The minimum atomic E-state index is -0.0248. The van der Waals surface area contributed by atoms with E-state index in [0.29, 0.717) is 24.4 Å². The fourth-order valence-electron chi connectivity index (χ4n) is 4.39. The van der Waals surface area contributed by atoms with Crippen molar-refractivity contribution in [2.45, 2.75) is 70.8 Å². The third kappa shape index (κ3) is 3.55. The van der Waals surface area contributed by atoms with Gasteiger partial charge in [-0.3, -0.25) is 9.59 Å². The number of aryl methyl sites for hydroxylation is 3. The van der Waals surface area contributed by atoms with Crippen LogP contribution in [0.2, 0.25) is 0 Å². The zero-order valence-corrected chi connectivity index (χ0v) is 15.4. The highest BCUT2D eigenvalue weighted by atomic mass is 16.2. The number of carbonyl (C=O) groups is 1. The van der Waals surface area contributed by atoms with Crippen LogP contribution in [0.15, 0.2) is 17.2 Å². The normalized spacial score (nSPS) is 18.0. The number of amides is 1. The molecule has 1 N–H and O–H groups in total. The zero-order valence-electron chi connectivity index (χ0n) is 15.4. The van der Waals surface area contributed by atoms with Gasteiger partial charge in [0.15, 0.2) is 0 Å². The van der Waals surface area contributed by atoms with Crippen molar-refractivity contribution in [3.63, 3.8) is 0 Å². The van der Waals surface area contributed by atoms with E-state index in [1.807, 2.05) is 6.20 Å². The Bertz CT molecular complexity index is 845.